The van der Waals surface area contributed by atoms with Crippen LogP contribution in [0.15, 0.2) is 18.2 Å². The van der Waals surface area contributed by atoms with Gasteiger partial charge in [-0.2, -0.15) is 0 Å². The van der Waals surface area contributed by atoms with Crippen molar-refractivity contribution >= 4 is 17.3 Å². The number of nitrogens with one attached hydrogen (secondary N) is 1. The van der Waals surface area contributed by atoms with Gasteiger partial charge in [-0.3, -0.25) is 0 Å². The molecule has 0 aromatic heterocycles. The fourth-order valence-corrected chi connectivity index (χ4v) is 2.91. The van der Waals surface area contributed by atoms with Gasteiger partial charge in [0.2, 0.25) is 0 Å². The van der Waals surface area contributed by atoms with Crippen LogP contribution in [0.3, 0.4) is 0 Å². The lowest BCUT2D eigenvalue weighted by atomic mass is 9.82. The summed E-state index contributed by atoms with van der Waals surface area (Å²) in [7, 11) is 0. The number of hydrogen-bond acceptors (Lipinski definition) is 3. The first-order valence-corrected chi connectivity index (χ1v) is 6.93. The minimum Gasteiger partial charge on any atom is -0.478 e. The average Bonchev–Trinajstić information content (AvgIpc) is 2.37. The van der Waals surface area contributed by atoms with Crippen molar-refractivity contribution in [2.45, 2.75) is 32.6 Å². The summed E-state index contributed by atoms with van der Waals surface area (Å²) in [6, 6.07) is 5.10. The Labute approximate surface area is 114 Å². The van der Waals surface area contributed by atoms with E-state index < -0.39 is 5.97 Å². The molecule has 4 nitrogen and oxygen atoms in total. The second-order valence-corrected chi connectivity index (χ2v) is 5.59. The number of carbonyl (C=O) groups is 1. The van der Waals surface area contributed by atoms with Gasteiger partial charge >= 0.3 is 5.97 Å². The van der Waals surface area contributed by atoms with Gasteiger partial charge < -0.3 is 16.2 Å². The minimum absolute atomic E-state index is 0.169. The van der Waals surface area contributed by atoms with Gasteiger partial charge in [-0.1, -0.05) is 25.8 Å². The molecular formula is C15H22N2O2. The molecule has 0 aliphatic heterocycles. The molecule has 0 spiro atoms. The van der Waals surface area contributed by atoms with Crippen LogP contribution in [0.5, 0.6) is 0 Å². The molecule has 0 heterocycles. The van der Waals surface area contributed by atoms with Crippen LogP contribution < -0.4 is 11.1 Å². The summed E-state index contributed by atoms with van der Waals surface area (Å²) in [5.74, 6) is 0.479. The lowest BCUT2D eigenvalue weighted by Gasteiger charge is -2.27. The van der Waals surface area contributed by atoms with Crippen molar-refractivity contribution in [3.8, 4) is 0 Å². The van der Waals surface area contributed by atoms with Crippen molar-refractivity contribution in [3.63, 3.8) is 0 Å². The van der Waals surface area contributed by atoms with Crippen molar-refractivity contribution in [2.75, 3.05) is 17.6 Å². The normalized spacial score (nSPS) is 23.0. The molecule has 104 valence electrons. The van der Waals surface area contributed by atoms with Gasteiger partial charge in [-0.15, -0.1) is 0 Å². The largest absolute Gasteiger partial charge is 0.478 e. The van der Waals surface area contributed by atoms with Gasteiger partial charge in [0.1, 0.15) is 0 Å². The van der Waals surface area contributed by atoms with Crippen LogP contribution in [0.1, 0.15) is 43.0 Å². The molecule has 1 aromatic carbocycles. The van der Waals surface area contributed by atoms with Crippen molar-refractivity contribution in [1.29, 1.82) is 0 Å². The first-order valence-electron chi connectivity index (χ1n) is 6.93. The van der Waals surface area contributed by atoms with Crippen LogP contribution in [-0.2, 0) is 0 Å². The quantitative estimate of drug-likeness (QED) is 0.728. The Bertz CT molecular complexity index is 459. The average molecular weight is 262 g/mol. The Morgan fingerprint density at radius 3 is 2.95 bits per heavy atom. The maximum atomic E-state index is 11.0. The highest BCUT2D eigenvalue weighted by molar-refractivity contribution is 5.97. The third-order valence-electron chi connectivity index (χ3n) is 3.96. The first-order chi connectivity index (χ1) is 9.08. The molecular weight excluding hydrogens is 240 g/mol. The van der Waals surface area contributed by atoms with Crippen molar-refractivity contribution < 1.29 is 9.90 Å². The van der Waals surface area contributed by atoms with Gasteiger partial charge in [0.25, 0.3) is 0 Å². The Morgan fingerprint density at radius 1 is 1.47 bits per heavy atom. The Morgan fingerprint density at radius 2 is 2.26 bits per heavy atom. The second-order valence-electron chi connectivity index (χ2n) is 5.59. The summed E-state index contributed by atoms with van der Waals surface area (Å²) >= 11 is 0. The number of aromatic carboxylic acids is 1. The summed E-state index contributed by atoms with van der Waals surface area (Å²) in [5.41, 5.74) is 7.12. The molecule has 4 heteroatoms. The molecule has 2 atom stereocenters. The molecule has 1 saturated carbocycles. The molecule has 1 aromatic rings. The molecule has 0 bridgehead atoms. The SMILES string of the molecule is CC1CCCC(CNc2cccc(C(=O)O)c2N)C1. The standard InChI is InChI=1S/C15H22N2O2/c1-10-4-2-5-11(8-10)9-17-13-7-3-6-12(14(13)16)15(18)19/h3,6-7,10-11,17H,2,4-5,8-9,16H2,1H3,(H,18,19). The van der Waals surface area contributed by atoms with E-state index in [-0.39, 0.29) is 5.56 Å². The van der Waals surface area contributed by atoms with E-state index in [9.17, 15) is 4.79 Å². The fraction of sp³-hybridized carbons (Fsp3) is 0.533. The molecule has 0 amide bonds. The smallest absolute Gasteiger partial charge is 0.337 e. The highest BCUT2D eigenvalue weighted by Crippen LogP contribution is 2.30. The van der Waals surface area contributed by atoms with Gasteiger partial charge in [0, 0.05) is 6.54 Å². The zero-order chi connectivity index (χ0) is 13.8. The van der Waals surface area contributed by atoms with Gasteiger partial charge in [0.15, 0.2) is 0 Å². The zero-order valence-electron chi connectivity index (χ0n) is 11.4. The lowest BCUT2D eigenvalue weighted by Crippen LogP contribution is -2.21. The highest BCUT2D eigenvalue weighted by Gasteiger charge is 2.19. The van der Waals surface area contributed by atoms with E-state index in [4.69, 9.17) is 10.8 Å². The Kier molecular flexibility index (Phi) is 4.30. The van der Waals surface area contributed by atoms with Crippen molar-refractivity contribution in [3.05, 3.63) is 23.8 Å². The number of para-hydroxylation sites is 1. The number of rotatable bonds is 4. The first kappa shape index (κ1) is 13.7. The topological polar surface area (TPSA) is 75.3 Å². The molecule has 1 fully saturated rings. The third-order valence-corrected chi connectivity index (χ3v) is 3.96. The van der Waals surface area contributed by atoms with E-state index in [1.54, 1.807) is 6.07 Å². The lowest BCUT2D eigenvalue weighted by molar-refractivity contribution is 0.0698. The van der Waals surface area contributed by atoms with E-state index >= 15 is 0 Å². The molecule has 2 unspecified atom stereocenters. The number of benzene rings is 1. The maximum absolute atomic E-state index is 11.0. The van der Waals surface area contributed by atoms with Gasteiger partial charge in [-0.25, -0.2) is 4.79 Å². The molecule has 0 radical (unpaired) electrons. The van der Waals surface area contributed by atoms with Crippen LogP contribution in [0, 0.1) is 11.8 Å². The number of nitrogen functional groups attached to an aromatic ring is 1. The summed E-state index contributed by atoms with van der Waals surface area (Å²) in [5, 5.41) is 12.3. The van der Waals surface area contributed by atoms with Crippen LogP contribution in [-0.4, -0.2) is 17.6 Å². The maximum Gasteiger partial charge on any atom is 0.337 e. The predicted molar refractivity (Wildman–Crippen MR) is 77.4 cm³/mol. The summed E-state index contributed by atoms with van der Waals surface area (Å²) in [6.07, 6.45) is 5.10. The Balaban J connectivity index is 1.99. The zero-order valence-corrected chi connectivity index (χ0v) is 11.4. The third kappa shape index (κ3) is 3.40. The number of carboxylic acids is 1. The second kappa shape index (κ2) is 5.95. The van der Waals surface area contributed by atoms with E-state index in [2.05, 4.69) is 12.2 Å². The molecule has 1 aliphatic carbocycles. The van der Waals surface area contributed by atoms with E-state index in [1.165, 1.54) is 31.7 Å². The monoisotopic (exact) mass is 262 g/mol. The molecule has 0 saturated heterocycles. The molecule has 19 heavy (non-hydrogen) atoms. The summed E-state index contributed by atoms with van der Waals surface area (Å²) in [6.45, 7) is 3.17. The fourth-order valence-electron chi connectivity index (χ4n) is 2.91. The molecule has 2 rings (SSSR count). The van der Waals surface area contributed by atoms with E-state index in [0.717, 1.165) is 18.2 Å². The highest BCUT2D eigenvalue weighted by atomic mass is 16.4. The minimum atomic E-state index is -0.979. The predicted octanol–water partition coefficient (Wildman–Crippen LogP) is 3.21. The van der Waals surface area contributed by atoms with Crippen molar-refractivity contribution in [2.24, 2.45) is 11.8 Å². The van der Waals surface area contributed by atoms with Gasteiger partial charge in [-0.05, 0) is 36.8 Å². The number of nitrogens with two attached hydrogens (primary N) is 1. The number of hydrogen-bond donors (Lipinski definition) is 3. The van der Waals surface area contributed by atoms with Crippen LogP contribution >= 0.6 is 0 Å². The van der Waals surface area contributed by atoms with Crippen LogP contribution in [0.4, 0.5) is 11.4 Å². The van der Waals surface area contributed by atoms with Crippen LogP contribution in [0.25, 0.3) is 0 Å². The summed E-state index contributed by atoms with van der Waals surface area (Å²) < 4.78 is 0. The van der Waals surface area contributed by atoms with Crippen LogP contribution in [0.2, 0.25) is 0 Å². The number of anilines is 2. The summed E-state index contributed by atoms with van der Waals surface area (Å²) in [4.78, 5) is 11.0. The van der Waals surface area contributed by atoms with E-state index in [0.29, 0.717) is 11.6 Å². The Hall–Kier alpha value is -1.71. The van der Waals surface area contributed by atoms with Gasteiger partial charge in [0.05, 0.1) is 16.9 Å². The van der Waals surface area contributed by atoms with Crippen molar-refractivity contribution in [1.82, 2.24) is 0 Å². The van der Waals surface area contributed by atoms with E-state index in [1.807, 2.05) is 6.07 Å². The molecule has 4 N–H and O–H groups in total. The number of carboxylic acid groups (broad SMARTS) is 1. The molecule has 1 aliphatic rings.